The van der Waals surface area contributed by atoms with E-state index in [1.54, 1.807) is 19.1 Å². The average Bonchev–Trinajstić information content (AvgIpc) is 2.96. The van der Waals surface area contributed by atoms with Crippen LogP contribution in [0.2, 0.25) is 0 Å². The van der Waals surface area contributed by atoms with E-state index in [4.69, 9.17) is 14.6 Å². The summed E-state index contributed by atoms with van der Waals surface area (Å²) in [5, 5.41) is 11.6. The molecular formula is C18H23N5O5. The number of methoxy groups -OCH3 is 2. The highest BCUT2D eigenvalue weighted by atomic mass is 16.5. The molecule has 2 amide bonds. The number of benzene rings is 1. The van der Waals surface area contributed by atoms with E-state index in [2.05, 4.69) is 20.2 Å². The van der Waals surface area contributed by atoms with E-state index in [0.29, 0.717) is 31.1 Å². The Morgan fingerprint density at radius 1 is 1.11 bits per heavy atom. The molecule has 0 saturated carbocycles. The second-order valence-corrected chi connectivity index (χ2v) is 6.30. The summed E-state index contributed by atoms with van der Waals surface area (Å²) >= 11 is 0. The maximum absolute atomic E-state index is 12.2. The third kappa shape index (κ3) is 4.16. The Labute approximate surface area is 162 Å². The average molecular weight is 389 g/mol. The number of anilines is 1. The molecule has 1 aromatic carbocycles. The Bertz CT molecular complexity index is 875. The SMILES string of the molecule is COc1cc2ncnc(N3CCCN(C(=O)CNC(=O)O)CC3)c2cc1OC. The molecule has 10 nitrogen and oxygen atoms in total. The van der Waals surface area contributed by atoms with Crippen LogP contribution in [-0.2, 0) is 4.79 Å². The van der Waals surface area contributed by atoms with Gasteiger partial charge < -0.3 is 29.7 Å². The van der Waals surface area contributed by atoms with Gasteiger partial charge in [-0.2, -0.15) is 0 Å². The van der Waals surface area contributed by atoms with Crippen molar-refractivity contribution in [2.75, 3.05) is 51.8 Å². The minimum absolute atomic E-state index is 0.219. The molecule has 28 heavy (non-hydrogen) atoms. The highest BCUT2D eigenvalue weighted by Crippen LogP contribution is 2.34. The molecule has 0 aliphatic carbocycles. The molecule has 1 fully saturated rings. The Kier molecular flexibility index (Phi) is 5.97. The molecule has 0 unspecified atom stereocenters. The van der Waals surface area contributed by atoms with Gasteiger partial charge in [0.15, 0.2) is 11.5 Å². The Balaban J connectivity index is 1.81. The molecule has 10 heteroatoms. The van der Waals surface area contributed by atoms with Crippen LogP contribution in [0.5, 0.6) is 11.5 Å². The number of carbonyl (C=O) groups is 2. The number of fused-ring (bicyclic) bond motifs is 1. The van der Waals surface area contributed by atoms with Crippen molar-refractivity contribution in [3.8, 4) is 11.5 Å². The number of carbonyl (C=O) groups excluding carboxylic acids is 1. The Morgan fingerprint density at radius 3 is 2.57 bits per heavy atom. The van der Waals surface area contributed by atoms with E-state index in [0.717, 1.165) is 29.7 Å². The van der Waals surface area contributed by atoms with Crippen molar-refractivity contribution in [2.24, 2.45) is 0 Å². The maximum Gasteiger partial charge on any atom is 0.405 e. The largest absolute Gasteiger partial charge is 0.493 e. The van der Waals surface area contributed by atoms with Gasteiger partial charge in [0.05, 0.1) is 19.7 Å². The van der Waals surface area contributed by atoms with Gasteiger partial charge in [-0.15, -0.1) is 0 Å². The van der Waals surface area contributed by atoms with Crippen LogP contribution in [-0.4, -0.2) is 78.9 Å². The summed E-state index contributed by atoms with van der Waals surface area (Å²) in [5.74, 6) is 1.72. The van der Waals surface area contributed by atoms with Crippen LogP contribution in [0.15, 0.2) is 18.5 Å². The summed E-state index contributed by atoms with van der Waals surface area (Å²) in [5.41, 5.74) is 0.741. The molecule has 3 rings (SSSR count). The van der Waals surface area contributed by atoms with Gasteiger partial charge in [0.25, 0.3) is 0 Å². The lowest BCUT2D eigenvalue weighted by atomic mass is 10.2. The molecule has 1 aromatic heterocycles. The number of carboxylic acid groups (broad SMARTS) is 1. The number of ether oxygens (including phenoxy) is 2. The number of nitrogens with one attached hydrogen (secondary N) is 1. The fourth-order valence-corrected chi connectivity index (χ4v) is 3.26. The summed E-state index contributed by atoms with van der Waals surface area (Å²) < 4.78 is 10.7. The van der Waals surface area contributed by atoms with Crippen molar-refractivity contribution in [1.82, 2.24) is 20.2 Å². The topological polar surface area (TPSA) is 117 Å². The summed E-state index contributed by atoms with van der Waals surface area (Å²) in [6.45, 7) is 2.13. The van der Waals surface area contributed by atoms with Crippen LogP contribution in [0.3, 0.4) is 0 Å². The first kappa shape index (κ1) is 19.5. The fourth-order valence-electron chi connectivity index (χ4n) is 3.26. The monoisotopic (exact) mass is 389 g/mol. The molecule has 1 saturated heterocycles. The van der Waals surface area contributed by atoms with E-state index >= 15 is 0 Å². The summed E-state index contributed by atoms with van der Waals surface area (Å²) in [6.07, 6.45) is 1.05. The first-order chi connectivity index (χ1) is 13.5. The summed E-state index contributed by atoms with van der Waals surface area (Å²) in [6, 6.07) is 3.67. The second kappa shape index (κ2) is 8.59. The molecule has 0 bridgehead atoms. The highest BCUT2D eigenvalue weighted by Gasteiger charge is 2.22. The number of aromatic nitrogens is 2. The third-order valence-corrected chi connectivity index (χ3v) is 4.66. The Hall–Kier alpha value is -3.30. The quantitative estimate of drug-likeness (QED) is 0.776. The fraction of sp³-hybridized carbons (Fsp3) is 0.444. The van der Waals surface area contributed by atoms with Crippen LogP contribution in [0, 0.1) is 0 Å². The van der Waals surface area contributed by atoms with Crippen LogP contribution < -0.4 is 19.7 Å². The van der Waals surface area contributed by atoms with E-state index < -0.39 is 6.09 Å². The zero-order valence-corrected chi connectivity index (χ0v) is 15.8. The molecule has 1 aliphatic rings. The van der Waals surface area contributed by atoms with Gasteiger partial charge in [-0.3, -0.25) is 4.79 Å². The standard InChI is InChI=1S/C18H23N5O5/c1-27-14-8-12-13(9-15(14)28-2)20-11-21-17(12)23-5-3-4-22(6-7-23)16(24)10-19-18(25)26/h8-9,11,19H,3-7,10H2,1-2H3,(H,25,26). The van der Waals surface area contributed by atoms with Gasteiger partial charge in [-0.25, -0.2) is 14.8 Å². The summed E-state index contributed by atoms with van der Waals surface area (Å²) in [7, 11) is 3.15. The number of amides is 2. The predicted molar refractivity (Wildman–Crippen MR) is 102 cm³/mol. The van der Waals surface area contributed by atoms with Crippen LogP contribution in [0.1, 0.15) is 6.42 Å². The molecule has 2 heterocycles. The van der Waals surface area contributed by atoms with Crippen molar-refractivity contribution in [1.29, 1.82) is 0 Å². The number of hydrogen-bond donors (Lipinski definition) is 2. The van der Waals surface area contributed by atoms with Gasteiger partial charge in [0, 0.05) is 37.6 Å². The zero-order valence-electron chi connectivity index (χ0n) is 15.8. The van der Waals surface area contributed by atoms with Gasteiger partial charge in [0.1, 0.15) is 18.7 Å². The van der Waals surface area contributed by atoms with E-state index in [1.165, 1.54) is 6.33 Å². The van der Waals surface area contributed by atoms with Crippen molar-refractivity contribution < 1.29 is 24.2 Å². The van der Waals surface area contributed by atoms with Gasteiger partial charge in [-0.1, -0.05) is 0 Å². The van der Waals surface area contributed by atoms with Crippen LogP contribution in [0.25, 0.3) is 10.9 Å². The minimum atomic E-state index is -1.21. The Morgan fingerprint density at radius 2 is 1.86 bits per heavy atom. The van der Waals surface area contributed by atoms with Gasteiger partial charge >= 0.3 is 6.09 Å². The van der Waals surface area contributed by atoms with Crippen molar-refractivity contribution >= 4 is 28.7 Å². The molecule has 1 aliphatic heterocycles. The zero-order chi connectivity index (χ0) is 20.1. The minimum Gasteiger partial charge on any atom is -0.493 e. The molecule has 2 aromatic rings. The van der Waals surface area contributed by atoms with Gasteiger partial charge in [-0.05, 0) is 12.5 Å². The van der Waals surface area contributed by atoms with Crippen LogP contribution >= 0.6 is 0 Å². The molecular weight excluding hydrogens is 366 g/mol. The van der Waals surface area contributed by atoms with E-state index in [-0.39, 0.29) is 12.5 Å². The lowest BCUT2D eigenvalue weighted by Crippen LogP contribution is -2.41. The molecule has 0 atom stereocenters. The highest BCUT2D eigenvalue weighted by molar-refractivity contribution is 5.92. The number of hydrogen-bond acceptors (Lipinski definition) is 7. The summed E-state index contributed by atoms with van der Waals surface area (Å²) in [4.78, 5) is 35.3. The predicted octanol–water partition coefficient (Wildman–Crippen LogP) is 0.953. The van der Waals surface area contributed by atoms with E-state index in [1.807, 2.05) is 12.1 Å². The van der Waals surface area contributed by atoms with Crippen LogP contribution in [0.4, 0.5) is 10.6 Å². The molecule has 150 valence electrons. The van der Waals surface area contributed by atoms with E-state index in [9.17, 15) is 9.59 Å². The first-order valence-electron chi connectivity index (χ1n) is 8.89. The third-order valence-electron chi connectivity index (χ3n) is 4.66. The normalized spacial score (nSPS) is 14.5. The van der Waals surface area contributed by atoms with Crippen molar-refractivity contribution in [2.45, 2.75) is 6.42 Å². The molecule has 0 radical (unpaired) electrons. The van der Waals surface area contributed by atoms with Crippen molar-refractivity contribution in [3.05, 3.63) is 18.5 Å². The molecule has 2 N–H and O–H groups in total. The van der Waals surface area contributed by atoms with Crippen molar-refractivity contribution in [3.63, 3.8) is 0 Å². The molecule has 0 spiro atoms. The van der Waals surface area contributed by atoms with Gasteiger partial charge in [0.2, 0.25) is 5.91 Å². The first-order valence-corrected chi connectivity index (χ1v) is 8.89. The smallest absolute Gasteiger partial charge is 0.405 e. The number of nitrogens with zero attached hydrogens (tertiary/aromatic N) is 4. The number of rotatable bonds is 5. The second-order valence-electron chi connectivity index (χ2n) is 6.30. The lowest BCUT2D eigenvalue weighted by molar-refractivity contribution is -0.129. The maximum atomic E-state index is 12.2. The lowest BCUT2D eigenvalue weighted by Gasteiger charge is -2.24.